The van der Waals surface area contributed by atoms with Gasteiger partial charge in [0.25, 0.3) is 5.91 Å². The lowest BCUT2D eigenvalue weighted by atomic mass is 10.1. The second-order valence-corrected chi connectivity index (χ2v) is 7.22. The summed E-state index contributed by atoms with van der Waals surface area (Å²) >= 11 is 0. The van der Waals surface area contributed by atoms with E-state index in [1.54, 1.807) is 0 Å². The van der Waals surface area contributed by atoms with Gasteiger partial charge in [-0.05, 0) is 25.0 Å². The van der Waals surface area contributed by atoms with Crippen LogP contribution >= 0.6 is 0 Å². The molecule has 12 heteroatoms. The highest BCUT2D eigenvalue weighted by Gasteiger charge is 2.31. The van der Waals surface area contributed by atoms with Crippen LogP contribution in [-0.2, 0) is 6.54 Å². The third kappa shape index (κ3) is 4.74. The first-order chi connectivity index (χ1) is 14.7. The number of nitrogens with zero attached hydrogens (tertiary/aromatic N) is 5. The van der Waals surface area contributed by atoms with E-state index in [-0.39, 0.29) is 28.2 Å². The summed E-state index contributed by atoms with van der Waals surface area (Å²) in [6.07, 6.45) is -1.72. The van der Waals surface area contributed by atoms with Crippen LogP contribution in [0.3, 0.4) is 0 Å². The van der Waals surface area contributed by atoms with Crippen molar-refractivity contribution in [3.05, 3.63) is 42.1 Å². The molecule has 8 nitrogen and oxygen atoms in total. The Labute approximate surface area is 173 Å². The molecule has 1 aliphatic rings. The smallest absolute Gasteiger partial charge is 0.393 e. The molecule has 31 heavy (non-hydrogen) atoms. The number of anilines is 2. The number of rotatable bonds is 4. The Morgan fingerprint density at radius 2 is 1.97 bits per heavy atom. The average Bonchev–Trinajstić information content (AvgIpc) is 3.03. The molecule has 1 saturated heterocycles. The second-order valence-electron chi connectivity index (χ2n) is 7.22. The molecule has 1 fully saturated rings. The SMILES string of the molecule is O=C(c1cc2c(cn1)c(Nc1cc(F)ccn1)nn2CC(F)(F)F)N1CCC(O)CC1. The van der Waals surface area contributed by atoms with Crippen molar-refractivity contribution in [1.82, 2.24) is 24.6 Å². The Kier molecular flexibility index (Phi) is 5.48. The van der Waals surface area contributed by atoms with Gasteiger partial charge in [-0.25, -0.2) is 9.37 Å². The van der Waals surface area contributed by atoms with Crippen LogP contribution in [-0.4, -0.2) is 61.0 Å². The number of fused-ring (bicyclic) bond motifs is 1. The maximum absolute atomic E-state index is 13.4. The number of aliphatic hydroxyl groups excluding tert-OH is 1. The molecule has 0 atom stereocenters. The van der Waals surface area contributed by atoms with Gasteiger partial charge >= 0.3 is 6.18 Å². The largest absolute Gasteiger partial charge is 0.408 e. The predicted octanol–water partition coefficient (Wildman–Crippen LogP) is 2.87. The zero-order valence-electron chi connectivity index (χ0n) is 16.1. The number of likely N-dealkylation sites (tertiary alicyclic amines) is 1. The molecular weight excluding hydrogens is 420 g/mol. The number of piperidine rings is 1. The number of alkyl halides is 3. The summed E-state index contributed by atoms with van der Waals surface area (Å²) < 4.78 is 53.4. The van der Waals surface area contributed by atoms with E-state index in [2.05, 4.69) is 20.4 Å². The number of pyridine rings is 2. The Morgan fingerprint density at radius 1 is 1.23 bits per heavy atom. The summed E-state index contributed by atoms with van der Waals surface area (Å²) in [7, 11) is 0. The maximum Gasteiger partial charge on any atom is 0.408 e. The molecule has 2 N–H and O–H groups in total. The number of aliphatic hydroxyl groups is 1. The fourth-order valence-corrected chi connectivity index (χ4v) is 3.39. The summed E-state index contributed by atoms with van der Waals surface area (Å²) in [6, 6.07) is 3.46. The molecule has 1 amide bonds. The van der Waals surface area contributed by atoms with E-state index in [1.165, 1.54) is 23.4 Å². The van der Waals surface area contributed by atoms with Crippen molar-refractivity contribution in [2.24, 2.45) is 0 Å². The van der Waals surface area contributed by atoms with Crippen molar-refractivity contribution in [2.45, 2.75) is 31.7 Å². The van der Waals surface area contributed by atoms with Gasteiger partial charge in [0.05, 0.1) is 17.0 Å². The quantitative estimate of drug-likeness (QED) is 0.609. The summed E-state index contributed by atoms with van der Waals surface area (Å²) in [5.74, 6) is -0.945. The fourth-order valence-electron chi connectivity index (χ4n) is 3.39. The Balaban J connectivity index is 1.70. The molecule has 4 rings (SSSR count). The van der Waals surface area contributed by atoms with Gasteiger partial charge in [-0.1, -0.05) is 0 Å². The van der Waals surface area contributed by atoms with Gasteiger partial charge in [-0.3, -0.25) is 14.5 Å². The van der Waals surface area contributed by atoms with Crippen molar-refractivity contribution in [3.63, 3.8) is 0 Å². The number of nitrogens with one attached hydrogen (secondary N) is 1. The van der Waals surface area contributed by atoms with Crippen LogP contribution in [0.4, 0.5) is 29.2 Å². The lowest BCUT2D eigenvalue weighted by Gasteiger charge is -2.29. The van der Waals surface area contributed by atoms with Gasteiger partial charge in [0.2, 0.25) is 0 Å². The number of hydrogen-bond donors (Lipinski definition) is 2. The highest BCUT2D eigenvalue weighted by molar-refractivity contribution is 5.98. The molecule has 0 unspecified atom stereocenters. The molecule has 0 bridgehead atoms. The summed E-state index contributed by atoms with van der Waals surface area (Å²) in [4.78, 5) is 22.3. The Hall–Kier alpha value is -3.28. The van der Waals surface area contributed by atoms with Crippen LogP contribution in [0, 0.1) is 5.82 Å². The van der Waals surface area contributed by atoms with Crippen LogP contribution in [0.1, 0.15) is 23.3 Å². The third-order valence-electron chi connectivity index (χ3n) is 4.90. The number of carbonyl (C=O) groups excluding carboxylic acids is 1. The van der Waals surface area contributed by atoms with E-state index in [1.807, 2.05) is 0 Å². The number of aromatic nitrogens is 4. The zero-order chi connectivity index (χ0) is 22.2. The van der Waals surface area contributed by atoms with Crippen LogP contribution < -0.4 is 5.32 Å². The lowest BCUT2D eigenvalue weighted by Crippen LogP contribution is -2.40. The van der Waals surface area contributed by atoms with Gasteiger partial charge in [0.1, 0.15) is 23.9 Å². The molecule has 1 aliphatic heterocycles. The predicted molar refractivity (Wildman–Crippen MR) is 102 cm³/mol. The number of halogens is 4. The van der Waals surface area contributed by atoms with E-state index >= 15 is 0 Å². The normalized spacial score (nSPS) is 15.5. The van der Waals surface area contributed by atoms with Crippen molar-refractivity contribution in [3.8, 4) is 0 Å². The van der Waals surface area contributed by atoms with E-state index in [0.717, 1.165) is 16.8 Å². The van der Waals surface area contributed by atoms with Crippen LogP contribution in [0.5, 0.6) is 0 Å². The van der Waals surface area contributed by atoms with E-state index in [0.29, 0.717) is 25.9 Å². The highest BCUT2D eigenvalue weighted by atomic mass is 19.4. The van der Waals surface area contributed by atoms with Crippen LogP contribution in [0.2, 0.25) is 0 Å². The Morgan fingerprint density at radius 3 is 2.65 bits per heavy atom. The first-order valence-corrected chi connectivity index (χ1v) is 9.49. The molecule has 3 aromatic rings. The zero-order valence-corrected chi connectivity index (χ0v) is 16.1. The van der Waals surface area contributed by atoms with Crippen LogP contribution in [0.25, 0.3) is 10.9 Å². The first-order valence-electron chi connectivity index (χ1n) is 9.49. The van der Waals surface area contributed by atoms with Crippen molar-refractivity contribution in [1.29, 1.82) is 0 Å². The summed E-state index contributed by atoms with van der Waals surface area (Å²) in [6.45, 7) is -0.714. The molecule has 164 valence electrons. The van der Waals surface area contributed by atoms with Gasteiger partial charge < -0.3 is 15.3 Å². The fraction of sp³-hybridized carbons (Fsp3) is 0.368. The minimum atomic E-state index is -4.55. The topological polar surface area (TPSA) is 96.2 Å². The molecular formula is C19H18F4N6O2. The first kappa shape index (κ1) is 21.0. The van der Waals surface area contributed by atoms with E-state index in [9.17, 15) is 27.5 Å². The lowest BCUT2D eigenvalue weighted by molar-refractivity contribution is -0.141. The maximum atomic E-state index is 13.4. The van der Waals surface area contributed by atoms with Crippen LogP contribution in [0.15, 0.2) is 30.6 Å². The molecule has 0 aliphatic carbocycles. The second kappa shape index (κ2) is 8.10. The molecule has 0 aromatic carbocycles. The monoisotopic (exact) mass is 438 g/mol. The van der Waals surface area contributed by atoms with Crippen molar-refractivity contribution in [2.75, 3.05) is 18.4 Å². The Bertz CT molecular complexity index is 1110. The highest BCUT2D eigenvalue weighted by Crippen LogP contribution is 2.29. The standard InChI is InChI=1S/C19H18F4N6O2/c20-11-1-4-24-16(7-11)26-17-13-9-25-14(18(31)28-5-2-12(30)3-6-28)8-15(13)29(27-17)10-19(21,22)23/h1,4,7-9,12,30H,2-3,5-6,10H2,(H,24,26,27). The molecule has 0 saturated carbocycles. The van der Waals surface area contributed by atoms with E-state index in [4.69, 9.17) is 0 Å². The molecule has 0 spiro atoms. The van der Waals surface area contributed by atoms with Gasteiger partial charge in [0, 0.05) is 31.5 Å². The van der Waals surface area contributed by atoms with Gasteiger partial charge in [-0.2, -0.15) is 18.3 Å². The third-order valence-corrected chi connectivity index (χ3v) is 4.90. The van der Waals surface area contributed by atoms with Crippen molar-refractivity contribution < 1.29 is 27.5 Å². The average molecular weight is 438 g/mol. The summed E-state index contributed by atoms with van der Waals surface area (Å²) in [5, 5.41) is 16.5. The number of hydrogen-bond acceptors (Lipinski definition) is 6. The van der Waals surface area contributed by atoms with Gasteiger partial charge in [0.15, 0.2) is 5.82 Å². The minimum absolute atomic E-state index is 0.00458. The summed E-state index contributed by atoms with van der Waals surface area (Å²) in [5.41, 5.74) is 0.0225. The number of carbonyl (C=O) groups is 1. The molecule has 4 heterocycles. The van der Waals surface area contributed by atoms with E-state index < -0.39 is 30.5 Å². The number of amides is 1. The minimum Gasteiger partial charge on any atom is -0.393 e. The van der Waals surface area contributed by atoms with Gasteiger partial charge in [-0.15, -0.1) is 0 Å². The molecule has 3 aromatic heterocycles. The van der Waals surface area contributed by atoms with Crippen molar-refractivity contribution >= 4 is 28.4 Å². The molecule has 0 radical (unpaired) electrons.